The number of carboxylic acids is 1. The fraction of sp³-hybridized carbons (Fsp3) is 0.0667. The van der Waals surface area contributed by atoms with Gasteiger partial charge in [-0.1, -0.05) is 29.4 Å². The quantitative estimate of drug-likeness (QED) is 0.913. The van der Waals surface area contributed by atoms with Gasteiger partial charge in [0.2, 0.25) is 0 Å². The zero-order valence-corrected chi connectivity index (χ0v) is 10.3. The number of halogens is 1. The van der Waals surface area contributed by atoms with E-state index in [0.717, 1.165) is 16.7 Å². The lowest BCUT2D eigenvalue weighted by Gasteiger charge is -2.15. The van der Waals surface area contributed by atoms with Crippen LogP contribution < -0.4 is 0 Å². The number of aliphatic carboxylic acids is 1. The van der Waals surface area contributed by atoms with E-state index in [1.807, 2.05) is 6.07 Å². The smallest absolute Gasteiger partial charge is 0.358 e. The monoisotopic (exact) mass is 271 g/mol. The molecule has 0 bridgehead atoms. The molecule has 0 aliphatic carbocycles. The van der Waals surface area contributed by atoms with Gasteiger partial charge in [0, 0.05) is 11.1 Å². The minimum atomic E-state index is -1.12. The Hall–Kier alpha value is -2.69. The Labute approximate surface area is 114 Å². The number of fused-ring (bicyclic) bond motifs is 1. The highest BCUT2D eigenvalue weighted by molar-refractivity contribution is 6.42. The average molecular weight is 271 g/mol. The summed E-state index contributed by atoms with van der Waals surface area (Å²) >= 11 is 0. The summed E-state index contributed by atoms with van der Waals surface area (Å²) in [4.78, 5) is 16.0. The third-order valence-corrected chi connectivity index (χ3v) is 3.12. The van der Waals surface area contributed by atoms with Crippen molar-refractivity contribution < 1.29 is 19.1 Å². The Balaban J connectivity index is 2.04. The van der Waals surface area contributed by atoms with E-state index in [1.165, 1.54) is 12.1 Å². The van der Waals surface area contributed by atoms with E-state index >= 15 is 0 Å². The number of oxime groups is 1. The van der Waals surface area contributed by atoms with Crippen molar-refractivity contribution in [3.8, 4) is 11.1 Å². The van der Waals surface area contributed by atoms with Gasteiger partial charge in [-0.05, 0) is 29.3 Å². The molecule has 1 aliphatic rings. The largest absolute Gasteiger partial charge is 0.476 e. The summed E-state index contributed by atoms with van der Waals surface area (Å²) in [5.74, 6) is -1.42. The predicted molar refractivity (Wildman–Crippen MR) is 70.8 cm³/mol. The molecule has 20 heavy (non-hydrogen) atoms. The first-order chi connectivity index (χ1) is 9.65. The summed E-state index contributed by atoms with van der Waals surface area (Å²) in [6.07, 6.45) is 0. The Bertz CT molecular complexity index is 708. The van der Waals surface area contributed by atoms with Crippen molar-refractivity contribution in [1.29, 1.82) is 0 Å². The van der Waals surface area contributed by atoms with Gasteiger partial charge in [0.05, 0.1) is 0 Å². The minimum Gasteiger partial charge on any atom is -0.476 e. The molecule has 1 heterocycles. The maximum absolute atomic E-state index is 12.9. The van der Waals surface area contributed by atoms with Crippen LogP contribution in [0, 0.1) is 5.82 Å². The summed E-state index contributed by atoms with van der Waals surface area (Å²) in [5, 5.41) is 12.6. The fourth-order valence-corrected chi connectivity index (χ4v) is 2.14. The molecule has 0 fully saturated rings. The van der Waals surface area contributed by atoms with Gasteiger partial charge < -0.3 is 9.94 Å². The minimum absolute atomic E-state index is 0.100. The number of nitrogens with zero attached hydrogens (tertiary/aromatic N) is 1. The third-order valence-electron chi connectivity index (χ3n) is 3.12. The van der Waals surface area contributed by atoms with Crippen LogP contribution in [0.1, 0.15) is 11.1 Å². The van der Waals surface area contributed by atoms with Gasteiger partial charge in [-0.3, -0.25) is 0 Å². The Morgan fingerprint density at radius 3 is 2.55 bits per heavy atom. The van der Waals surface area contributed by atoms with Gasteiger partial charge in [-0.2, -0.15) is 0 Å². The molecule has 5 heteroatoms. The van der Waals surface area contributed by atoms with Crippen molar-refractivity contribution in [2.75, 3.05) is 0 Å². The van der Waals surface area contributed by atoms with Crippen molar-refractivity contribution >= 4 is 11.7 Å². The van der Waals surface area contributed by atoms with E-state index in [2.05, 4.69) is 5.16 Å². The van der Waals surface area contributed by atoms with Gasteiger partial charge in [-0.25, -0.2) is 9.18 Å². The normalized spacial score (nSPS) is 13.2. The van der Waals surface area contributed by atoms with E-state index in [9.17, 15) is 9.18 Å². The molecule has 0 saturated carbocycles. The molecule has 0 saturated heterocycles. The molecule has 1 aliphatic heterocycles. The number of rotatable bonds is 2. The van der Waals surface area contributed by atoms with Crippen LogP contribution in [0.25, 0.3) is 11.1 Å². The van der Waals surface area contributed by atoms with Crippen LogP contribution in [0.15, 0.2) is 47.6 Å². The lowest BCUT2D eigenvalue weighted by Crippen LogP contribution is -2.20. The van der Waals surface area contributed by atoms with Crippen molar-refractivity contribution in [3.05, 3.63) is 59.4 Å². The maximum Gasteiger partial charge on any atom is 0.358 e. The topological polar surface area (TPSA) is 58.9 Å². The molecule has 3 rings (SSSR count). The second-order valence-corrected chi connectivity index (χ2v) is 4.40. The molecule has 0 aromatic heterocycles. The summed E-state index contributed by atoms with van der Waals surface area (Å²) in [6.45, 7) is 0.223. The molecule has 100 valence electrons. The Morgan fingerprint density at radius 2 is 1.85 bits per heavy atom. The van der Waals surface area contributed by atoms with E-state index in [4.69, 9.17) is 9.94 Å². The lowest BCUT2D eigenvalue weighted by atomic mass is 9.96. The van der Waals surface area contributed by atoms with Gasteiger partial charge >= 0.3 is 5.97 Å². The van der Waals surface area contributed by atoms with Crippen molar-refractivity contribution in [2.24, 2.45) is 5.16 Å². The molecule has 1 N–H and O–H groups in total. The SMILES string of the molecule is O=C(O)C1=NOCc2cc(-c3ccc(F)cc3)ccc21. The first-order valence-corrected chi connectivity index (χ1v) is 5.97. The predicted octanol–water partition coefficient (Wildman–Crippen LogP) is 2.81. The van der Waals surface area contributed by atoms with E-state index < -0.39 is 5.97 Å². The standard InChI is InChI=1S/C15H10FNO3/c16-12-4-1-9(2-5-12)10-3-6-13-11(7-10)8-20-17-14(13)15(18)19/h1-7H,8H2,(H,18,19). The van der Waals surface area contributed by atoms with Crippen LogP contribution >= 0.6 is 0 Å². The van der Waals surface area contributed by atoms with Crippen LogP contribution in [0.2, 0.25) is 0 Å². The summed E-state index contributed by atoms with van der Waals surface area (Å²) < 4.78 is 12.9. The van der Waals surface area contributed by atoms with Gasteiger partial charge in [-0.15, -0.1) is 0 Å². The van der Waals surface area contributed by atoms with E-state index in [1.54, 1.807) is 24.3 Å². The highest BCUT2D eigenvalue weighted by atomic mass is 19.1. The van der Waals surface area contributed by atoms with Gasteiger partial charge in [0.15, 0.2) is 5.71 Å². The van der Waals surface area contributed by atoms with Gasteiger partial charge in [0.1, 0.15) is 12.4 Å². The molecule has 4 nitrogen and oxygen atoms in total. The zero-order valence-electron chi connectivity index (χ0n) is 10.3. The van der Waals surface area contributed by atoms with E-state index in [0.29, 0.717) is 5.56 Å². The fourth-order valence-electron chi connectivity index (χ4n) is 2.14. The molecule has 0 atom stereocenters. The highest BCUT2D eigenvalue weighted by Crippen LogP contribution is 2.25. The first-order valence-electron chi connectivity index (χ1n) is 5.97. The number of hydrogen-bond donors (Lipinski definition) is 1. The Kier molecular flexibility index (Phi) is 2.95. The lowest BCUT2D eigenvalue weighted by molar-refractivity contribution is -0.129. The molecule has 0 amide bonds. The maximum atomic E-state index is 12.9. The number of carboxylic acid groups (broad SMARTS) is 1. The second-order valence-electron chi connectivity index (χ2n) is 4.40. The molecule has 0 radical (unpaired) electrons. The van der Waals surface area contributed by atoms with E-state index in [-0.39, 0.29) is 18.1 Å². The van der Waals surface area contributed by atoms with Crippen LogP contribution in [0.5, 0.6) is 0 Å². The Morgan fingerprint density at radius 1 is 1.15 bits per heavy atom. The molecular formula is C15H10FNO3. The number of carbonyl (C=O) groups is 1. The van der Waals surface area contributed by atoms with Crippen molar-refractivity contribution in [2.45, 2.75) is 6.61 Å². The first kappa shape index (κ1) is 12.3. The number of benzene rings is 2. The van der Waals surface area contributed by atoms with Crippen LogP contribution in [0.4, 0.5) is 4.39 Å². The van der Waals surface area contributed by atoms with Gasteiger partial charge in [0.25, 0.3) is 0 Å². The molecule has 0 spiro atoms. The summed E-state index contributed by atoms with van der Waals surface area (Å²) in [6, 6.07) is 11.4. The molecule has 0 unspecified atom stereocenters. The summed E-state index contributed by atoms with van der Waals surface area (Å²) in [5.41, 5.74) is 2.93. The van der Waals surface area contributed by atoms with Crippen molar-refractivity contribution in [1.82, 2.24) is 0 Å². The van der Waals surface area contributed by atoms with Crippen molar-refractivity contribution in [3.63, 3.8) is 0 Å². The van der Waals surface area contributed by atoms with Crippen LogP contribution in [-0.2, 0) is 16.2 Å². The van der Waals surface area contributed by atoms with Crippen LogP contribution in [-0.4, -0.2) is 16.8 Å². The highest BCUT2D eigenvalue weighted by Gasteiger charge is 2.21. The average Bonchev–Trinajstić information content (AvgIpc) is 2.46. The third kappa shape index (κ3) is 2.14. The second kappa shape index (κ2) is 4.77. The zero-order chi connectivity index (χ0) is 14.1. The molecule has 2 aromatic rings. The number of hydrogen-bond acceptors (Lipinski definition) is 3. The molecule has 2 aromatic carbocycles. The van der Waals surface area contributed by atoms with Crippen LogP contribution in [0.3, 0.4) is 0 Å². The molecular weight excluding hydrogens is 261 g/mol. The summed E-state index contributed by atoms with van der Waals surface area (Å²) in [7, 11) is 0.